The third kappa shape index (κ3) is 9.61. The standard InChI is InChI=1S/C18H28F3N5.HI/c1-22-17(23-8-7-18(19,20)21)24-13-15-3-5-16(6-4-15)14-26-11-9-25(2)10-12-26;/h3-6H,7-14H2,1-2H3,(H2,22,23,24);1H. The Hall–Kier alpha value is -1.07. The second kappa shape index (κ2) is 11.7. The van der Waals surface area contributed by atoms with Crippen molar-refractivity contribution in [3.05, 3.63) is 35.4 Å². The van der Waals surface area contributed by atoms with Gasteiger partial charge < -0.3 is 15.5 Å². The van der Waals surface area contributed by atoms with E-state index in [1.807, 2.05) is 12.1 Å². The van der Waals surface area contributed by atoms with E-state index < -0.39 is 12.6 Å². The lowest BCUT2D eigenvalue weighted by Crippen LogP contribution is -2.43. The molecule has 154 valence electrons. The van der Waals surface area contributed by atoms with Gasteiger partial charge in [-0.15, -0.1) is 24.0 Å². The lowest BCUT2D eigenvalue weighted by Gasteiger charge is -2.32. The van der Waals surface area contributed by atoms with Crippen molar-refractivity contribution in [1.82, 2.24) is 20.4 Å². The molecule has 1 saturated heterocycles. The molecule has 1 fully saturated rings. The first kappa shape index (κ1) is 24.0. The Morgan fingerprint density at radius 3 is 2.19 bits per heavy atom. The Morgan fingerprint density at radius 2 is 1.63 bits per heavy atom. The molecule has 0 bridgehead atoms. The number of halogens is 4. The molecule has 0 saturated carbocycles. The predicted molar refractivity (Wildman–Crippen MR) is 114 cm³/mol. The quantitative estimate of drug-likeness (QED) is 0.359. The molecule has 1 aromatic rings. The molecule has 2 rings (SSSR count). The van der Waals surface area contributed by atoms with E-state index in [1.165, 1.54) is 5.56 Å². The van der Waals surface area contributed by atoms with Crippen LogP contribution in [0.1, 0.15) is 17.5 Å². The molecule has 9 heteroatoms. The van der Waals surface area contributed by atoms with Crippen LogP contribution in [0.25, 0.3) is 0 Å². The number of nitrogens with zero attached hydrogens (tertiary/aromatic N) is 3. The van der Waals surface area contributed by atoms with Gasteiger partial charge in [-0.25, -0.2) is 0 Å². The summed E-state index contributed by atoms with van der Waals surface area (Å²) in [6.07, 6.45) is -5.04. The number of benzene rings is 1. The molecule has 0 aromatic heterocycles. The van der Waals surface area contributed by atoms with Crippen molar-refractivity contribution in [1.29, 1.82) is 0 Å². The lowest BCUT2D eigenvalue weighted by atomic mass is 10.1. The van der Waals surface area contributed by atoms with Crippen LogP contribution in [0.2, 0.25) is 0 Å². The van der Waals surface area contributed by atoms with Crippen molar-refractivity contribution in [2.45, 2.75) is 25.7 Å². The van der Waals surface area contributed by atoms with Gasteiger partial charge in [0.1, 0.15) is 0 Å². The van der Waals surface area contributed by atoms with Gasteiger partial charge >= 0.3 is 6.18 Å². The van der Waals surface area contributed by atoms with Crippen molar-refractivity contribution >= 4 is 29.9 Å². The average Bonchev–Trinajstić information content (AvgIpc) is 2.60. The van der Waals surface area contributed by atoms with Gasteiger partial charge in [0.2, 0.25) is 0 Å². The molecule has 0 unspecified atom stereocenters. The van der Waals surface area contributed by atoms with Crippen molar-refractivity contribution in [2.75, 3.05) is 46.8 Å². The number of aliphatic imine (C=N–C) groups is 1. The monoisotopic (exact) mass is 499 g/mol. The highest BCUT2D eigenvalue weighted by Crippen LogP contribution is 2.18. The fourth-order valence-electron chi connectivity index (χ4n) is 2.76. The van der Waals surface area contributed by atoms with Crippen LogP contribution in [0.4, 0.5) is 13.2 Å². The molecule has 27 heavy (non-hydrogen) atoms. The topological polar surface area (TPSA) is 42.9 Å². The summed E-state index contributed by atoms with van der Waals surface area (Å²) < 4.78 is 36.5. The molecule has 1 aliphatic rings. The highest BCUT2D eigenvalue weighted by atomic mass is 127. The first-order valence-corrected chi connectivity index (χ1v) is 8.86. The molecule has 0 radical (unpaired) electrons. The maximum absolute atomic E-state index is 12.2. The van der Waals surface area contributed by atoms with Gasteiger partial charge in [-0.2, -0.15) is 13.2 Å². The summed E-state index contributed by atoms with van der Waals surface area (Å²) in [5.41, 5.74) is 2.33. The molecule has 0 amide bonds. The predicted octanol–water partition coefficient (Wildman–Crippen LogP) is 2.67. The first-order valence-electron chi connectivity index (χ1n) is 8.86. The largest absolute Gasteiger partial charge is 0.390 e. The Kier molecular flexibility index (Phi) is 10.4. The molecule has 0 aliphatic carbocycles. The van der Waals surface area contributed by atoms with Crippen LogP contribution < -0.4 is 10.6 Å². The summed E-state index contributed by atoms with van der Waals surface area (Å²) in [5.74, 6) is 0.371. The Balaban J connectivity index is 0.00000364. The van der Waals surface area contributed by atoms with Gasteiger partial charge in [0.25, 0.3) is 0 Å². The summed E-state index contributed by atoms with van der Waals surface area (Å²) in [6, 6.07) is 8.30. The van der Waals surface area contributed by atoms with Crippen LogP contribution in [0, 0.1) is 0 Å². The Morgan fingerprint density at radius 1 is 1.04 bits per heavy atom. The summed E-state index contributed by atoms with van der Waals surface area (Å²) in [5, 5.41) is 5.71. The Bertz CT molecular complexity index is 569. The van der Waals surface area contributed by atoms with Gasteiger partial charge in [0.05, 0.1) is 6.42 Å². The number of alkyl halides is 3. The minimum atomic E-state index is -4.16. The first-order chi connectivity index (χ1) is 12.4. The van der Waals surface area contributed by atoms with Crippen LogP contribution >= 0.6 is 24.0 Å². The van der Waals surface area contributed by atoms with Gasteiger partial charge in [0, 0.05) is 52.9 Å². The molecular weight excluding hydrogens is 470 g/mol. The fraction of sp³-hybridized carbons (Fsp3) is 0.611. The van der Waals surface area contributed by atoms with Crippen LogP contribution in [0.3, 0.4) is 0 Å². The fourth-order valence-corrected chi connectivity index (χ4v) is 2.76. The van der Waals surface area contributed by atoms with Crippen molar-refractivity contribution in [2.24, 2.45) is 4.99 Å². The molecule has 0 atom stereocenters. The lowest BCUT2D eigenvalue weighted by molar-refractivity contribution is -0.132. The maximum Gasteiger partial charge on any atom is 0.390 e. The van der Waals surface area contributed by atoms with E-state index in [0.717, 1.165) is 38.3 Å². The summed E-state index contributed by atoms with van der Waals surface area (Å²) in [4.78, 5) is 8.72. The van der Waals surface area contributed by atoms with Crippen LogP contribution in [0.15, 0.2) is 29.3 Å². The van der Waals surface area contributed by atoms with Crippen LogP contribution in [-0.2, 0) is 13.1 Å². The molecule has 0 spiro atoms. The van der Waals surface area contributed by atoms with E-state index >= 15 is 0 Å². The van der Waals surface area contributed by atoms with E-state index in [9.17, 15) is 13.2 Å². The highest BCUT2D eigenvalue weighted by Gasteiger charge is 2.26. The molecule has 5 nitrogen and oxygen atoms in total. The van der Waals surface area contributed by atoms with Crippen molar-refractivity contribution in [3.63, 3.8) is 0 Å². The summed E-state index contributed by atoms with van der Waals surface area (Å²) in [7, 11) is 3.69. The second-order valence-corrected chi connectivity index (χ2v) is 6.61. The number of guanidine groups is 1. The molecule has 1 aromatic carbocycles. The zero-order valence-electron chi connectivity index (χ0n) is 15.9. The van der Waals surface area contributed by atoms with Gasteiger partial charge in [-0.1, -0.05) is 24.3 Å². The van der Waals surface area contributed by atoms with Crippen molar-refractivity contribution < 1.29 is 13.2 Å². The number of rotatable bonds is 6. The molecule has 1 heterocycles. The minimum absolute atomic E-state index is 0. The van der Waals surface area contributed by atoms with E-state index in [4.69, 9.17) is 0 Å². The molecule has 2 N–H and O–H groups in total. The molecular formula is C18H29F3IN5. The summed E-state index contributed by atoms with van der Waals surface area (Å²) in [6.45, 7) is 5.64. The normalized spacial score (nSPS) is 16.7. The van der Waals surface area contributed by atoms with E-state index in [1.54, 1.807) is 7.05 Å². The Labute approximate surface area is 176 Å². The second-order valence-electron chi connectivity index (χ2n) is 6.61. The maximum atomic E-state index is 12.2. The number of likely N-dealkylation sites (N-methyl/N-ethyl adjacent to an activating group) is 1. The third-order valence-electron chi connectivity index (χ3n) is 4.41. The van der Waals surface area contributed by atoms with Crippen LogP contribution in [-0.4, -0.2) is 68.8 Å². The van der Waals surface area contributed by atoms with Gasteiger partial charge in [-0.05, 0) is 18.2 Å². The van der Waals surface area contributed by atoms with Gasteiger partial charge in [-0.3, -0.25) is 9.89 Å². The van der Waals surface area contributed by atoms with Gasteiger partial charge in [0.15, 0.2) is 5.96 Å². The summed E-state index contributed by atoms with van der Waals surface area (Å²) >= 11 is 0. The third-order valence-corrected chi connectivity index (χ3v) is 4.41. The highest BCUT2D eigenvalue weighted by molar-refractivity contribution is 14.0. The zero-order chi connectivity index (χ0) is 19.0. The van der Waals surface area contributed by atoms with E-state index in [0.29, 0.717) is 12.5 Å². The van der Waals surface area contributed by atoms with Crippen LogP contribution in [0.5, 0.6) is 0 Å². The average molecular weight is 499 g/mol. The zero-order valence-corrected chi connectivity index (χ0v) is 18.2. The van der Waals surface area contributed by atoms with Crippen molar-refractivity contribution in [3.8, 4) is 0 Å². The van der Waals surface area contributed by atoms with E-state index in [2.05, 4.69) is 44.6 Å². The SMILES string of the molecule is CN=C(NCCC(F)(F)F)NCc1ccc(CN2CCN(C)CC2)cc1.I. The number of hydrogen-bond donors (Lipinski definition) is 2. The number of hydrogen-bond acceptors (Lipinski definition) is 3. The number of nitrogens with one attached hydrogen (secondary N) is 2. The van der Waals surface area contributed by atoms with E-state index in [-0.39, 0.29) is 30.5 Å². The number of piperazine rings is 1. The smallest absolute Gasteiger partial charge is 0.356 e. The molecule has 1 aliphatic heterocycles. The minimum Gasteiger partial charge on any atom is -0.356 e.